The maximum absolute atomic E-state index is 5.94. The highest BCUT2D eigenvalue weighted by atomic mass is 35.5. The molecule has 0 aliphatic rings. The molecule has 0 aliphatic carbocycles. The number of unbranched alkanes of at least 4 members (excludes halogenated alkanes) is 2. The van der Waals surface area contributed by atoms with E-state index in [0.29, 0.717) is 0 Å². The molecule has 0 saturated carbocycles. The van der Waals surface area contributed by atoms with Gasteiger partial charge in [0, 0.05) is 17.1 Å². The van der Waals surface area contributed by atoms with Crippen LogP contribution < -0.4 is 5.32 Å². The first-order valence-corrected chi connectivity index (χ1v) is 9.18. The van der Waals surface area contributed by atoms with Crippen molar-refractivity contribution < 1.29 is 0 Å². The Morgan fingerprint density at radius 1 is 1.14 bits per heavy atom. The third-order valence-electron chi connectivity index (χ3n) is 3.45. The Labute approximate surface area is 147 Å². The molecule has 128 valence electrons. The van der Waals surface area contributed by atoms with E-state index in [1.807, 2.05) is 25.2 Å². The standard InChI is InChI=1S/C18H32Cl2N2/c1-4-6-13-22(5-2)14-8-7-12-21-16-18(10-9-11-19)15-17(3)20/h9-11,15,21H,4-8,12-14,16H2,1-3H3/b11-9+,17-15+,18-10+. The first-order valence-electron chi connectivity index (χ1n) is 8.36. The minimum Gasteiger partial charge on any atom is -0.313 e. The van der Waals surface area contributed by atoms with Crippen molar-refractivity contribution in [3.05, 3.63) is 34.4 Å². The van der Waals surface area contributed by atoms with Crippen molar-refractivity contribution in [1.82, 2.24) is 10.2 Å². The number of rotatable bonds is 13. The van der Waals surface area contributed by atoms with E-state index in [-0.39, 0.29) is 0 Å². The van der Waals surface area contributed by atoms with E-state index in [1.54, 1.807) is 0 Å². The summed E-state index contributed by atoms with van der Waals surface area (Å²) in [5.74, 6) is 0. The summed E-state index contributed by atoms with van der Waals surface area (Å²) in [5.41, 5.74) is 2.65. The van der Waals surface area contributed by atoms with Crippen molar-refractivity contribution in [3.8, 4) is 0 Å². The van der Waals surface area contributed by atoms with Gasteiger partial charge in [0.2, 0.25) is 0 Å². The molecule has 0 aromatic carbocycles. The van der Waals surface area contributed by atoms with Crippen LogP contribution >= 0.6 is 23.2 Å². The molecule has 1 N–H and O–H groups in total. The number of allylic oxidation sites excluding steroid dienone is 3. The average Bonchev–Trinajstić information content (AvgIpc) is 2.50. The third kappa shape index (κ3) is 13.4. The molecule has 0 atom stereocenters. The summed E-state index contributed by atoms with van der Waals surface area (Å²) >= 11 is 11.5. The molecule has 0 aromatic rings. The highest BCUT2D eigenvalue weighted by molar-refractivity contribution is 6.29. The second kappa shape index (κ2) is 15.6. The summed E-state index contributed by atoms with van der Waals surface area (Å²) in [5, 5.41) is 4.25. The molecule has 22 heavy (non-hydrogen) atoms. The Hall–Kier alpha value is -0.280. The molecule has 0 bridgehead atoms. The van der Waals surface area contributed by atoms with Crippen molar-refractivity contribution in [2.75, 3.05) is 32.7 Å². The normalized spacial score (nSPS) is 13.5. The van der Waals surface area contributed by atoms with Gasteiger partial charge < -0.3 is 10.2 Å². The van der Waals surface area contributed by atoms with E-state index in [0.717, 1.165) is 30.2 Å². The Bertz CT molecular complexity index is 345. The fourth-order valence-electron chi connectivity index (χ4n) is 2.20. The predicted molar refractivity (Wildman–Crippen MR) is 102 cm³/mol. The van der Waals surface area contributed by atoms with Crippen molar-refractivity contribution in [2.24, 2.45) is 0 Å². The molecular formula is C18H32Cl2N2. The lowest BCUT2D eigenvalue weighted by Gasteiger charge is -2.19. The van der Waals surface area contributed by atoms with Crippen molar-refractivity contribution in [1.29, 1.82) is 0 Å². The van der Waals surface area contributed by atoms with E-state index >= 15 is 0 Å². The van der Waals surface area contributed by atoms with Crippen LogP contribution in [-0.2, 0) is 0 Å². The van der Waals surface area contributed by atoms with Crippen LogP contribution in [-0.4, -0.2) is 37.6 Å². The maximum Gasteiger partial charge on any atom is 0.0205 e. The van der Waals surface area contributed by atoms with Gasteiger partial charge in [-0.25, -0.2) is 0 Å². The first kappa shape index (κ1) is 21.7. The van der Waals surface area contributed by atoms with Gasteiger partial charge in [0.1, 0.15) is 0 Å². The van der Waals surface area contributed by atoms with Crippen LogP contribution in [0.1, 0.15) is 46.5 Å². The topological polar surface area (TPSA) is 15.3 Å². The monoisotopic (exact) mass is 346 g/mol. The fraction of sp³-hybridized carbons (Fsp3) is 0.667. The van der Waals surface area contributed by atoms with Gasteiger partial charge in [-0.05, 0) is 64.0 Å². The summed E-state index contributed by atoms with van der Waals surface area (Å²) in [4.78, 5) is 2.54. The Balaban J connectivity index is 3.88. The van der Waals surface area contributed by atoms with Gasteiger partial charge in [0.15, 0.2) is 0 Å². The largest absolute Gasteiger partial charge is 0.313 e. The smallest absolute Gasteiger partial charge is 0.0205 e. The van der Waals surface area contributed by atoms with Crippen LogP contribution in [0.5, 0.6) is 0 Å². The molecule has 0 aliphatic heterocycles. The zero-order valence-electron chi connectivity index (χ0n) is 14.4. The summed E-state index contributed by atoms with van der Waals surface area (Å²) < 4.78 is 0. The minimum absolute atomic E-state index is 0.783. The molecule has 0 radical (unpaired) electrons. The molecule has 0 fully saturated rings. The lowest BCUT2D eigenvalue weighted by Crippen LogP contribution is -2.26. The third-order valence-corrected chi connectivity index (χ3v) is 3.70. The molecule has 0 spiro atoms. The molecule has 0 saturated heterocycles. The van der Waals surface area contributed by atoms with Gasteiger partial charge in [-0.3, -0.25) is 0 Å². The lowest BCUT2D eigenvalue weighted by molar-refractivity contribution is 0.277. The van der Waals surface area contributed by atoms with E-state index in [1.165, 1.54) is 44.3 Å². The van der Waals surface area contributed by atoms with E-state index < -0.39 is 0 Å². The molecule has 0 unspecified atom stereocenters. The minimum atomic E-state index is 0.783. The zero-order chi connectivity index (χ0) is 16.6. The fourth-order valence-corrected chi connectivity index (χ4v) is 2.41. The van der Waals surface area contributed by atoms with Crippen LogP contribution in [0.4, 0.5) is 0 Å². The van der Waals surface area contributed by atoms with Gasteiger partial charge in [0.25, 0.3) is 0 Å². The van der Waals surface area contributed by atoms with Crippen LogP contribution in [0.2, 0.25) is 0 Å². The summed E-state index contributed by atoms with van der Waals surface area (Å²) in [7, 11) is 0. The Morgan fingerprint density at radius 3 is 2.45 bits per heavy atom. The predicted octanol–water partition coefficient (Wildman–Crippen LogP) is 5.30. The summed E-state index contributed by atoms with van der Waals surface area (Å²) in [6, 6.07) is 0. The van der Waals surface area contributed by atoms with Crippen LogP contribution in [0.3, 0.4) is 0 Å². The molecular weight excluding hydrogens is 315 g/mol. The SMILES string of the molecule is CCCCN(CC)CCCCNCC(/C=C(\C)Cl)=C/C=C/Cl. The van der Waals surface area contributed by atoms with Gasteiger partial charge in [-0.1, -0.05) is 55.6 Å². The molecule has 0 aromatic heterocycles. The van der Waals surface area contributed by atoms with Crippen molar-refractivity contribution >= 4 is 23.2 Å². The number of halogens is 2. The van der Waals surface area contributed by atoms with E-state index in [4.69, 9.17) is 23.2 Å². The van der Waals surface area contributed by atoms with Gasteiger partial charge in [-0.15, -0.1) is 0 Å². The van der Waals surface area contributed by atoms with Gasteiger partial charge in [-0.2, -0.15) is 0 Å². The molecule has 2 nitrogen and oxygen atoms in total. The zero-order valence-corrected chi connectivity index (χ0v) is 15.9. The number of hydrogen-bond donors (Lipinski definition) is 1. The average molecular weight is 347 g/mol. The lowest BCUT2D eigenvalue weighted by atomic mass is 10.2. The Morgan fingerprint density at radius 2 is 1.86 bits per heavy atom. The van der Waals surface area contributed by atoms with Crippen molar-refractivity contribution in [3.63, 3.8) is 0 Å². The van der Waals surface area contributed by atoms with Crippen LogP contribution in [0.15, 0.2) is 34.4 Å². The number of nitrogens with zero attached hydrogens (tertiary/aromatic N) is 1. The van der Waals surface area contributed by atoms with Crippen LogP contribution in [0, 0.1) is 0 Å². The summed E-state index contributed by atoms with van der Waals surface area (Å²) in [6.45, 7) is 11.8. The second-order valence-electron chi connectivity index (χ2n) is 5.46. The van der Waals surface area contributed by atoms with E-state index in [2.05, 4.69) is 24.1 Å². The summed E-state index contributed by atoms with van der Waals surface area (Å²) in [6.07, 6.45) is 10.8. The van der Waals surface area contributed by atoms with E-state index in [9.17, 15) is 0 Å². The second-order valence-corrected chi connectivity index (χ2v) is 6.31. The quantitative estimate of drug-likeness (QED) is 0.359. The van der Waals surface area contributed by atoms with Crippen LogP contribution in [0.25, 0.3) is 0 Å². The highest BCUT2D eigenvalue weighted by Gasteiger charge is 2.01. The van der Waals surface area contributed by atoms with Gasteiger partial charge >= 0.3 is 0 Å². The maximum atomic E-state index is 5.94. The van der Waals surface area contributed by atoms with Gasteiger partial charge in [0.05, 0.1) is 0 Å². The van der Waals surface area contributed by atoms with Crippen molar-refractivity contribution in [2.45, 2.75) is 46.5 Å². The number of nitrogens with one attached hydrogen (secondary N) is 1. The first-order chi connectivity index (χ1) is 10.6. The molecule has 4 heteroatoms. The molecule has 0 rings (SSSR count). The molecule has 0 heterocycles. The Kier molecular flexibility index (Phi) is 15.4. The number of hydrogen-bond acceptors (Lipinski definition) is 2. The molecule has 0 amide bonds. The highest BCUT2D eigenvalue weighted by Crippen LogP contribution is 2.06.